The highest BCUT2D eigenvalue weighted by atomic mass is 16.6. The van der Waals surface area contributed by atoms with Crippen LogP contribution in [0, 0.1) is 0 Å². The maximum atomic E-state index is 11.0. The van der Waals surface area contributed by atoms with Crippen LogP contribution >= 0.6 is 0 Å². The molecule has 0 aromatic heterocycles. The fraction of sp³-hybridized carbons (Fsp3) is 0.308. The number of carbonyl (C=O) groups is 1. The van der Waals surface area contributed by atoms with Crippen LogP contribution in [0.3, 0.4) is 0 Å². The molecular weight excluding hydrogens is 220 g/mol. The van der Waals surface area contributed by atoms with E-state index in [1.54, 1.807) is 30.3 Å². The van der Waals surface area contributed by atoms with Gasteiger partial charge in [0.15, 0.2) is 0 Å². The molecule has 1 heterocycles. The van der Waals surface area contributed by atoms with E-state index in [2.05, 4.69) is 0 Å². The zero-order valence-electron chi connectivity index (χ0n) is 9.19. The molecule has 4 heteroatoms. The second kappa shape index (κ2) is 5.12. The van der Waals surface area contributed by atoms with E-state index in [4.69, 9.17) is 4.74 Å². The minimum Gasteiger partial charge on any atom is -0.456 e. The number of esters is 1. The molecule has 1 aromatic carbocycles. The van der Waals surface area contributed by atoms with Crippen LogP contribution in [0.15, 0.2) is 42.5 Å². The molecule has 0 aliphatic carbocycles. The number of ether oxygens (including phenoxy) is 1. The van der Waals surface area contributed by atoms with Crippen LogP contribution in [0.5, 0.6) is 0 Å². The lowest BCUT2D eigenvalue weighted by Gasteiger charge is -2.27. The van der Waals surface area contributed by atoms with Gasteiger partial charge in [-0.2, -0.15) is 0 Å². The number of carbonyl (C=O) groups excluding carboxylic acids is 1. The number of hydrogen-bond acceptors (Lipinski definition) is 4. The van der Waals surface area contributed by atoms with Gasteiger partial charge in [0.25, 0.3) is 0 Å². The summed E-state index contributed by atoms with van der Waals surface area (Å²) in [6, 6.07) is 8.81. The third-order valence-electron chi connectivity index (χ3n) is 2.74. The highest BCUT2D eigenvalue weighted by Gasteiger charge is 2.30. The van der Waals surface area contributed by atoms with E-state index in [0.717, 1.165) is 0 Å². The molecule has 0 fully saturated rings. The number of aliphatic hydroxyl groups excluding tert-OH is 2. The third-order valence-corrected chi connectivity index (χ3v) is 2.74. The Bertz CT molecular complexity index is 413. The number of benzene rings is 1. The average molecular weight is 234 g/mol. The second-order valence-corrected chi connectivity index (χ2v) is 3.96. The van der Waals surface area contributed by atoms with E-state index >= 15 is 0 Å². The lowest BCUT2D eigenvalue weighted by atomic mass is 9.98. The van der Waals surface area contributed by atoms with Gasteiger partial charge in [-0.15, -0.1) is 0 Å². The zero-order chi connectivity index (χ0) is 12.3. The first-order valence-electron chi connectivity index (χ1n) is 5.46. The van der Waals surface area contributed by atoms with Crippen LogP contribution in [0.2, 0.25) is 0 Å². The smallest absolute Gasteiger partial charge is 0.330 e. The quantitative estimate of drug-likeness (QED) is 0.764. The average Bonchev–Trinajstić information content (AvgIpc) is 2.38. The lowest BCUT2D eigenvalue weighted by molar-refractivity contribution is -0.155. The molecule has 4 nitrogen and oxygen atoms in total. The van der Waals surface area contributed by atoms with Crippen LogP contribution in [0.25, 0.3) is 0 Å². The van der Waals surface area contributed by atoms with Crippen molar-refractivity contribution in [1.82, 2.24) is 0 Å². The summed E-state index contributed by atoms with van der Waals surface area (Å²) in [6.07, 6.45) is 0.501. The van der Waals surface area contributed by atoms with Crippen molar-refractivity contribution in [2.24, 2.45) is 0 Å². The summed E-state index contributed by atoms with van der Waals surface area (Å²) in [7, 11) is 0. The van der Waals surface area contributed by atoms with Crippen molar-refractivity contribution in [1.29, 1.82) is 0 Å². The maximum Gasteiger partial charge on any atom is 0.330 e. The molecule has 0 saturated heterocycles. The Hall–Kier alpha value is -1.65. The van der Waals surface area contributed by atoms with Gasteiger partial charge in [0.1, 0.15) is 18.3 Å². The van der Waals surface area contributed by atoms with Gasteiger partial charge in [-0.1, -0.05) is 36.4 Å². The van der Waals surface area contributed by atoms with Crippen molar-refractivity contribution in [2.75, 3.05) is 0 Å². The van der Waals surface area contributed by atoms with Gasteiger partial charge < -0.3 is 14.9 Å². The molecule has 3 unspecified atom stereocenters. The predicted molar refractivity (Wildman–Crippen MR) is 61.0 cm³/mol. The van der Waals surface area contributed by atoms with Crippen LogP contribution in [0.4, 0.5) is 0 Å². The molecule has 3 atom stereocenters. The van der Waals surface area contributed by atoms with Gasteiger partial charge in [0.05, 0.1) is 0 Å². The molecule has 1 aliphatic rings. The molecule has 1 aromatic rings. The van der Waals surface area contributed by atoms with Gasteiger partial charge in [0, 0.05) is 12.5 Å². The summed E-state index contributed by atoms with van der Waals surface area (Å²) in [6.45, 7) is 0. The number of aliphatic hydroxyl groups is 2. The van der Waals surface area contributed by atoms with Crippen molar-refractivity contribution >= 4 is 5.97 Å². The molecule has 0 saturated carbocycles. The first-order valence-corrected chi connectivity index (χ1v) is 5.46. The summed E-state index contributed by atoms with van der Waals surface area (Å²) >= 11 is 0. The SMILES string of the molecule is O=C1C=CCC(C(O)C(O)c2ccccc2)O1. The fourth-order valence-electron chi connectivity index (χ4n) is 1.79. The van der Waals surface area contributed by atoms with Crippen LogP contribution in [-0.2, 0) is 9.53 Å². The van der Waals surface area contributed by atoms with Crippen LogP contribution < -0.4 is 0 Å². The monoisotopic (exact) mass is 234 g/mol. The molecule has 90 valence electrons. The standard InChI is InChI=1S/C13H14O4/c14-11-8-4-7-10(17-11)13(16)12(15)9-5-2-1-3-6-9/h1-6,8,10,12-13,15-16H,7H2. The van der Waals surface area contributed by atoms with Crippen molar-refractivity contribution in [3.8, 4) is 0 Å². The Kier molecular flexibility index (Phi) is 3.56. The Balaban J connectivity index is 2.07. The third kappa shape index (κ3) is 2.72. The fourth-order valence-corrected chi connectivity index (χ4v) is 1.79. The minimum absolute atomic E-state index is 0.413. The molecule has 2 rings (SSSR count). The topological polar surface area (TPSA) is 66.8 Å². The first-order chi connectivity index (χ1) is 8.18. The van der Waals surface area contributed by atoms with Crippen molar-refractivity contribution in [3.05, 3.63) is 48.0 Å². The predicted octanol–water partition coefficient (Wildman–Crippen LogP) is 0.953. The molecular formula is C13H14O4. The van der Waals surface area contributed by atoms with Crippen molar-refractivity contribution in [2.45, 2.75) is 24.7 Å². The summed E-state index contributed by atoms with van der Waals surface area (Å²) in [5.74, 6) is -0.486. The lowest BCUT2D eigenvalue weighted by Crippen LogP contribution is -2.36. The molecule has 0 spiro atoms. The van der Waals surface area contributed by atoms with Crippen LogP contribution in [0.1, 0.15) is 18.1 Å². The highest BCUT2D eigenvalue weighted by molar-refractivity contribution is 5.82. The van der Waals surface area contributed by atoms with Gasteiger partial charge in [0.2, 0.25) is 0 Å². The Morgan fingerprint density at radius 2 is 1.94 bits per heavy atom. The molecule has 0 bridgehead atoms. The van der Waals surface area contributed by atoms with E-state index < -0.39 is 24.3 Å². The summed E-state index contributed by atoms with van der Waals surface area (Å²) in [5, 5.41) is 19.9. The number of cyclic esters (lactones) is 1. The van der Waals surface area contributed by atoms with Gasteiger partial charge in [-0.25, -0.2) is 4.79 Å². The van der Waals surface area contributed by atoms with E-state index in [0.29, 0.717) is 12.0 Å². The summed E-state index contributed by atoms with van der Waals surface area (Å²) in [4.78, 5) is 11.0. The van der Waals surface area contributed by atoms with Crippen LogP contribution in [-0.4, -0.2) is 28.4 Å². The molecule has 2 N–H and O–H groups in total. The number of hydrogen-bond donors (Lipinski definition) is 2. The van der Waals surface area contributed by atoms with Crippen molar-refractivity contribution < 1.29 is 19.7 Å². The summed E-state index contributed by atoms with van der Waals surface area (Å²) < 4.78 is 4.95. The molecule has 0 amide bonds. The Labute approximate surface area is 99.2 Å². The van der Waals surface area contributed by atoms with E-state index in [9.17, 15) is 15.0 Å². The van der Waals surface area contributed by atoms with E-state index in [-0.39, 0.29) is 0 Å². The van der Waals surface area contributed by atoms with E-state index in [1.807, 2.05) is 6.07 Å². The Morgan fingerprint density at radius 3 is 2.59 bits per heavy atom. The Morgan fingerprint density at radius 1 is 1.24 bits per heavy atom. The second-order valence-electron chi connectivity index (χ2n) is 3.96. The zero-order valence-corrected chi connectivity index (χ0v) is 9.19. The largest absolute Gasteiger partial charge is 0.456 e. The normalized spacial score (nSPS) is 22.9. The maximum absolute atomic E-state index is 11.0. The molecule has 17 heavy (non-hydrogen) atoms. The van der Waals surface area contributed by atoms with E-state index in [1.165, 1.54) is 6.08 Å². The van der Waals surface area contributed by atoms with Gasteiger partial charge in [-0.05, 0) is 5.56 Å². The molecule has 1 aliphatic heterocycles. The summed E-state index contributed by atoms with van der Waals surface area (Å²) in [5.41, 5.74) is 0.602. The van der Waals surface area contributed by atoms with Gasteiger partial charge >= 0.3 is 5.97 Å². The highest BCUT2D eigenvalue weighted by Crippen LogP contribution is 2.23. The number of rotatable bonds is 3. The van der Waals surface area contributed by atoms with Gasteiger partial charge in [-0.3, -0.25) is 0 Å². The van der Waals surface area contributed by atoms with Crippen molar-refractivity contribution in [3.63, 3.8) is 0 Å². The minimum atomic E-state index is -1.12. The molecule has 0 radical (unpaired) electrons. The first kappa shape index (κ1) is 11.8.